The molecule has 2 aromatic heterocycles. The van der Waals surface area contributed by atoms with Crippen molar-refractivity contribution in [3.8, 4) is 11.5 Å². The van der Waals surface area contributed by atoms with Crippen LogP contribution in [0.5, 0.6) is 11.5 Å². The van der Waals surface area contributed by atoms with Crippen LogP contribution in [0.15, 0.2) is 24.4 Å². The Balaban J connectivity index is 2.59. The fraction of sp³-hybridized carbons (Fsp3) is 0.0769. The van der Waals surface area contributed by atoms with Crippen LogP contribution < -0.4 is 4.74 Å². The number of nitrogens with zero attached hydrogens (tertiary/aromatic N) is 1. The number of rotatable bonds is 2. The number of hydrogen-bond acceptors (Lipinski definition) is 4. The third kappa shape index (κ3) is 1.27. The molecule has 1 aromatic carbocycles. The Bertz CT molecular complexity index is 762. The first-order chi connectivity index (χ1) is 8.76. The number of ether oxygens (including phenoxy) is 1. The van der Waals surface area contributed by atoms with Crippen LogP contribution in [0.2, 0.25) is 0 Å². The normalized spacial score (nSPS) is 10.9. The van der Waals surface area contributed by atoms with E-state index in [1.54, 1.807) is 19.2 Å². The third-order valence-corrected chi connectivity index (χ3v) is 2.97. The largest absolute Gasteiger partial charge is 0.506 e. The van der Waals surface area contributed by atoms with Gasteiger partial charge in [0.25, 0.3) is 0 Å². The predicted octanol–water partition coefficient (Wildman–Crippen LogP) is 2.24. The summed E-state index contributed by atoms with van der Waals surface area (Å²) in [5.74, 6) is 0.690. The van der Waals surface area contributed by atoms with E-state index in [1.807, 2.05) is 6.07 Å². The van der Waals surface area contributed by atoms with Crippen LogP contribution in [0.4, 0.5) is 0 Å². The van der Waals surface area contributed by atoms with Gasteiger partial charge in [-0.2, -0.15) is 0 Å². The van der Waals surface area contributed by atoms with Crippen molar-refractivity contribution in [3.63, 3.8) is 0 Å². The Hall–Kier alpha value is -2.56. The van der Waals surface area contributed by atoms with Crippen molar-refractivity contribution in [3.05, 3.63) is 30.1 Å². The van der Waals surface area contributed by atoms with Crippen LogP contribution in [0.1, 0.15) is 10.5 Å². The molecule has 0 amide bonds. The Morgan fingerprint density at radius 2 is 2.22 bits per heavy atom. The van der Waals surface area contributed by atoms with Gasteiger partial charge in [-0.25, -0.2) is 4.98 Å². The highest BCUT2D eigenvalue weighted by molar-refractivity contribution is 6.15. The van der Waals surface area contributed by atoms with Gasteiger partial charge in [0, 0.05) is 5.39 Å². The van der Waals surface area contributed by atoms with E-state index in [1.165, 1.54) is 6.20 Å². The van der Waals surface area contributed by atoms with Crippen molar-refractivity contribution < 1.29 is 14.6 Å². The van der Waals surface area contributed by atoms with E-state index >= 15 is 0 Å². The number of fused-ring (bicyclic) bond motifs is 3. The average molecular weight is 242 g/mol. The molecule has 90 valence electrons. The maximum absolute atomic E-state index is 11.0. The lowest BCUT2D eigenvalue weighted by Crippen LogP contribution is -1.91. The smallest absolute Gasteiger partial charge is 0.170 e. The molecule has 0 atom stereocenters. The molecule has 0 unspecified atom stereocenters. The minimum absolute atomic E-state index is 0.127. The van der Waals surface area contributed by atoms with Gasteiger partial charge in [0.2, 0.25) is 0 Å². The first-order valence-corrected chi connectivity index (χ1v) is 5.37. The molecule has 0 bridgehead atoms. The zero-order valence-corrected chi connectivity index (χ0v) is 9.60. The third-order valence-electron chi connectivity index (χ3n) is 2.97. The molecule has 0 aliphatic rings. The molecule has 0 saturated heterocycles. The van der Waals surface area contributed by atoms with Crippen LogP contribution in [0.3, 0.4) is 0 Å². The van der Waals surface area contributed by atoms with Crippen LogP contribution >= 0.6 is 0 Å². The van der Waals surface area contributed by atoms with Gasteiger partial charge in [0.05, 0.1) is 29.7 Å². The summed E-state index contributed by atoms with van der Waals surface area (Å²) in [5, 5.41) is 11.4. The predicted molar refractivity (Wildman–Crippen MR) is 67.2 cm³/mol. The molecule has 2 heterocycles. The second kappa shape index (κ2) is 3.73. The van der Waals surface area contributed by atoms with E-state index in [0.717, 1.165) is 10.8 Å². The van der Waals surface area contributed by atoms with Crippen molar-refractivity contribution in [2.75, 3.05) is 7.11 Å². The highest BCUT2D eigenvalue weighted by Gasteiger charge is 2.15. The van der Waals surface area contributed by atoms with Crippen LogP contribution in [0, 0.1) is 0 Å². The fourth-order valence-electron chi connectivity index (χ4n) is 2.15. The number of carbonyl (C=O) groups excluding carboxylic acids is 1. The minimum Gasteiger partial charge on any atom is -0.506 e. The maximum Gasteiger partial charge on any atom is 0.170 e. The SMILES string of the molecule is COc1cnc(C=O)c2[nH]c3c(O)cccc3c12. The quantitative estimate of drug-likeness (QED) is 0.676. The van der Waals surface area contributed by atoms with Crippen molar-refractivity contribution in [2.45, 2.75) is 0 Å². The van der Waals surface area contributed by atoms with Gasteiger partial charge in [-0.1, -0.05) is 12.1 Å². The topological polar surface area (TPSA) is 75.2 Å². The molecule has 3 aromatic rings. The molecule has 3 rings (SSSR count). The lowest BCUT2D eigenvalue weighted by Gasteiger charge is -2.02. The Labute approximate surface area is 102 Å². The summed E-state index contributed by atoms with van der Waals surface area (Å²) in [6.07, 6.45) is 2.18. The molecule has 0 fully saturated rings. The van der Waals surface area contributed by atoms with Crippen molar-refractivity contribution in [2.24, 2.45) is 0 Å². The molecule has 0 spiro atoms. The van der Waals surface area contributed by atoms with Crippen LogP contribution in [-0.4, -0.2) is 28.5 Å². The van der Waals surface area contributed by atoms with E-state index in [0.29, 0.717) is 28.8 Å². The Morgan fingerprint density at radius 3 is 2.94 bits per heavy atom. The summed E-state index contributed by atoms with van der Waals surface area (Å²) < 4.78 is 5.25. The van der Waals surface area contributed by atoms with Crippen LogP contribution in [-0.2, 0) is 0 Å². The number of nitrogens with one attached hydrogen (secondary N) is 1. The summed E-state index contributed by atoms with van der Waals surface area (Å²) in [6, 6.07) is 5.18. The van der Waals surface area contributed by atoms with Crippen molar-refractivity contribution >= 4 is 28.1 Å². The zero-order chi connectivity index (χ0) is 12.7. The van der Waals surface area contributed by atoms with Crippen molar-refractivity contribution in [1.82, 2.24) is 9.97 Å². The monoisotopic (exact) mass is 242 g/mol. The standard InChI is InChI=1S/C13H10N2O3/c1-18-10-5-14-8(6-16)13-11(10)7-3-2-4-9(17)12(7)15-13/h2-6,15,17H,1H3. The van der Waals surface area contributed by atoms with E-state index in [2.05, 4.69) is 9.97 Å². The molecule has 0 aliphatic carbocycles. The molecule has 0 aliphatic heterocycles. The molecular formula is C13H10N2O3. The minimum atomic E-state index is 0.127. The average Bonchev–Trinajstić information content (AvgIpc) is 2.79. The number of aromatic amines is 1. The van der Waals surface area contributed by atoms with Gasteiger partial charge in [0.1, 0.15) is 17.2 Å². The lowest BCUT2D eigenvalue weighted by molar-refractivity contribution is 0.112. The molecule has 18 heavy (non-hydrogen) atoms. The lowest BCUT2D eigenvalue weighted by atomic mass is 10.1. The Morgan fingerprint density at radius 1 is 1.39 bits per heavy atom. The first-order valence-electron chi connectivity index (χ1n) is 5.37. The van der Waals surface area contributed by atoms with E-state index in [4.69, 9.17) is 4.74 Å². The Kier molecular flexibility index (Phi) is 2.19. The van der Waals surface area contributed by atoms with E-state index < -0.39 is 0 Å². The second-order valence-electron chi connectivity index (χ2n) is 3.90. The number of H-pyrrole nitrogens is 1. The molecule has 5 heteroatoms. The van der Waals surface area contributed by atoms with Crippen LogP contribution in [0.25, 0.3) is 21.8 Å². The van der Waals surface area contributed by atoms with Gasteiger partial charge < -0.3 is 14.8 Å². The number of para-hydroxylation sites is 1. The molecule has 2 N–H and O–H groups in total. The van der Waals surface area contributed by atoms with Gasteiger partial charge in [-0.3, -0.25) is 4.79 Å². The highest BCUT2D eigenvalue weighted by Crippen LogP contribution is 2.36. The molecule has 0 radical (unpaired) electrons. The number of aldehydes is 1. The molecule has 5 nitrogen and oxygen atoms in total. The van der Waals surface area contributed by atoms with Gasteiger partial charge in [-0.05, 0) is 6.07 Å². The highest BCUT2D eigenvalue weighted by atomic mass is 16.5. The van der Waals surface area contributed by atoms with E-state index in [-0.39, 0.29) is 5.75 Å². The number of aromatic nitrogens is 2. The summed E-state index contributed by atoms with van der Waals surface area (Å²) in [4.78, 5) is 18.0. The number of hydrogen-bond donors (Lipinski definition) is 2. The van der Waals surface area contributed by atoms with E-state index in [9.17, 15) is 9.90 Å². The number of methoxy groups -OCH3 is 1. The van der Waals surface area contributed by atoms with Gasteiger partial charge in [-0.15, -0.1) is 0 Å². The summed E-state index contributed by atoms with van der Waals surface area (Å²) in [6.45, 7) is 0. The summed E-state index contributed by atoms with van der Waals surface area (Å²) >= 11 is 0. The summed E-state index contributed by atoms with van der Waals surface area (Å²) in [7, 11) is 1.54. The second-order valence-corrected chi connectivity index (χ2v) is 3.90. The number of benzene rings is 1. The van der Waals surface area contributed by atoms with Crippen molar-refractivity contribution in [1.29, 1.82) is 0 Å². The maximum atomic E-state index is 11.0. The first kappa shape index (κ1) is 10.6. The molecule has 0 saturated carbocycles. The molecular weight excluding hydrogens is 232 g/mol. The number of aromatic hydroxyl groups is 1. The number of phenols is 1. The zero-order valence-electron chi connectivity index (χ0n) is 9.60. The number of pyridine rings is 1. The fourth-order valence-corrected chi connectivity index (χ4v) is 2.15. The van der Waals surface area contributed by atoms with Gasteiger partial charge in [0.15, 0.2) is 6.29 Å². The number of phenolic OH excluding ortho intramolecular Hbond substituents is 1. The summed E-state index contributed by atoms with van der Waals surface area (Å²) in [5.41, 5.74) is 1.43. The number of carbonyl (C=O) groups is 1. The van der Waals surface area contributed by atoms with Gasteiger partial charge >= 0.3 is 0 Å².